The molecule has 1 saturated heterocycles. The van der Waals surface area contributed by atoms with Crippen LogP contribution in [-0.2, 0) is 29.2 Å². The molecule has 14 heteroatoms. The molecular formula is C42H50N6O7S. The van der Waals surface area contributed by atoms with Crippen LogP contribution in [-0.4, -0.2) is 76.1 Å². The van der Waals surface area contributed by atoms with E-state index in [0.717, 1.165) is 31.2 Å². The summed E-state index contributed by atoms with van der Waals surface area (Å²) >= 11 is 0. The summed E-state index contributed by atoms with van der Waals surface area (Å²) in [7, 11) is -3.92. The molecule has 1 aliphatic heterocycles. The van der Waals surface area contributed by atoms with Gasteiger partial charge in [-0.1, -0.05) is 100 Å². The lowest BCUT2D eigenvalue weighted by Crippen LogP contribution is -2.60. The van der Waals surface area contributed by atoms with Crippen molar-refractivity contribution in [2.45, 2.75) is 101 Å². The first-order valence-electron chi connectivity index (χ1n) is 19.5. The molecule has 4 aliphatic rings. The monoisotopic (exact) mass is 782 g/mol. The highest BCUT2D eigenvalue weighted by molar-refractivity contribution is 7.91. The zero-order valence-electron chi connectivity index (χ0n) is 32.1. The third kappa shape index (κ3) is 7.67. The average molecular weight is 783 g/mol. The number of hydrogen-bond donors (Lipinski definition) is 3. The van der Waals surface area contributed by atoms with Crippen molar-refractivity contribution in [3.05, 3.63) is 89.9 Å². The summed E-state index contributed by atoms with van der Waals surface area (Å²) < 4.78 is 29.1. The van der Waals surface area contributed by atoms with Gasteiger partial charge < -0.3 is 15.5 Å². The van der Waals surface area contributed by atoms with Crippen LogP contribution in [0.3, 0.4) is 0 Å². The maximum absolute atomic E-state index is 14.8. The average Bonchev–Trinajstić information content (AvgIpc) is 4.04. The molecule has 7 rings (SSSR count). The van der Waals surface area contributed by atoms with Gasteiger partial charge in [0.2, 0.25) is 27.7 Å². The zero-order valence-corrected chi connectivity index (χ0v) is 32.9. The van der Waals surface area contributed by atoms with Crippen LogP contribution in [0.25, 0.3) is 22.3 Å². The number of aromatic nitrogens is 2. The lowest BCUT2D eigenvalue weighted by molar-refractivity contribution is -0.145. The minimum atomic E-state index is -3.92. The summed E-state index contributed by atoms with van der Waals surface area (Å²) in [6, 6.07) is 15.7. The lowest BCUT2D eigenvalue weighted by Gasteiger charge is -2.36. The molecule has 0 bridgehead atoms. The minimum Gasteiger partial charge on any atom is -0.344 e. The van der Waals surface area contributed by atoms with E-state index < -0.39 is 73.6 Å². The summed E-state index contributed by atoms with van der Waals surface area (Å²) in [6.45, 7) is 9.22. The Morgan fingerprint density at radius 1 is 0.929 bits per heavy atom. The molecule has 13 nitrogen and oxygen atoms in total. The van der Waals surface area contributed by atoms with E-state index in [0.29, 0.717) is 29.5 Å². The Bertz CT molecular complexity index is 2190. The molecule has 56 heavy (non-hydrogen) atoms. The quantitative estimate of drug-likeness (QED) is 0.230. The number of likely N-dealkylation sites (tertiary alicyclic amines) is 1. The number of sulfonamides is 1. The highest BCUT2D eigenvalue weighted by Gasteiger charge is 2.62. The van der Waals surface area contributed by atoms with Crippen LogP contribution in [0.15, 0.2) is 84.3 Å². The molecule has 2 heterocycles. The predicted octanol–water partition coefficient (Wildman–Crippen LogP) is 4.11. The van der Waals surface area contributed by atoms with Crippen LogP contribution in [0.2, 0.25) is 0 Å². The Morgan fingerprint density at radius 2 is 1.55 bits per heavy atom. The van der Waals surface area contributed by atoms with Gasteiger partial charge in [0.1, 0.15) is 17.6 Å². The Labute approximate surface area is 327 Å². The summed E-state index contributed by atoms with van der Waals surface area (Å²) in [4.78, 5) is 72.4. The maximum atomic E-state index is 14.8. The van der Waals surface area contributed by atoms with Crippen molar-refractivity contribution >= 4 is 33.7 Å². The number of carbonyl (C=O) groups excluding carboxylic acids is 4. The number of nitrogens with zero attached hydrogens (tertiary/aromatic N) is 3. The van der Waals surface area contributed by atoms with Crippen LogP contribution < -0.4 is 20.9 Å². The van der Waals surface area contributed by atoms with Crippen molar-refractivity contribution in [2.24, 2.45) is 17.3 Å². The highest BCUT2D eigenvalue weighted by Crippen LogP contribution is 2.46. The SMILES string of the molecule is C=C[C@@H]1C[C@]1(NC(=O)[C@@H]1C[C@@H](n2ncc(-c3ccccc3)c(-c3ccccc3)c2=O)CN1C(=O)[C@@H](NC(=O)C1CCCC1)C(C)(C)C)C(=O)NS(=O)(=O)C1CC1. The van der Waals surface area contributed by atoms with Crippen LogP contribution in [0, 0.1) is 17.3 Å². The van der Waals surface area contributed by atoms with E-state index >= 15 is 0 Å². The third-order valence-electron chi connectivity index (χ3n) is 11.7. The molecule has 1 aromatic heterocycles. The second kappa shape index (κ2) is 15.1. The molecular weight excluding hydrogens is 733 g/mol. The summed E-state index contributed by atoms with van der Waals surface area (Å²) in [5.41, 5.74) is -0.252. The Balaban J connectivity index is 1.25. The van der Waals surface area contributed by atoms with Crippen molar-refractivity contribution in [1.82, 2.24) is 30.0 Å². The fourth-order valence-corrected chi connectivity index (χ4v) is 9.58. The molecule has 4 amide bonds. The van der Waals surface area contributed by atoms with E-state index in [2.05, 4.69) is 27.0 Å². The largest absolute Gasteiger partial charge is 0.344 e. The van der Waals surface area contributed by atoms with Gasteiger partial charge >= 0.3 is 0 Å². The van der Waals surface area contributed by atoms with E-state index in [-0.39, 0.29) is 31.2 Å². The molecule has 2 aromatic carbocycles. The number of carbonyl (C=O) groups is 4. The molecule has 5 atom stereocenters. The van der Waals surface area contributed by atoms with E-state index in [1.165, 1.54) is 15.7 Å². The second-order valence-electron chi connectivity index (χ2n) is 16.8. The fraction of sp³-hybridized carbons (Fsp3) is 0.476. The minimum absolute atomic E-state index is 0.0341. The molecule has 296 valence electrons. The first-order chi connectivity index (χ1) is 26.6. The van der Waals surface area contributed by atoms with Gasteiger partial charge in [-0.05, 0) is 48.6 Å². The van der Waals surface area contributed by atoms with Crippen LogP contribution in [0.1, 0.15) is 78.2 Å². The van der Waals surface area contributed by atoms with Gasteiger partial charge in [0, 0.05) is 30.4 Å². The van der Waals surface area contributed by atoms with E-state index in [1.54, 1.807) is 6.20 Å². The first-order valence-corrected chi connectivity index (χ1v) is 21.0. The number of hydrogen-bond acceptors (Lipinski definition) is 8. The number of benzene rings is 2. The van der Waals surface area contributed by atoms with Crippen LogP contribution in [0.4, 0.5) is 0 Å². The van der Waals surface area contributed by atoms with Gasteiger partial charge in [-0.2, -0.15) is 5.10 Å². The number of amides is 4. The standard InChI is InChI=1S/C42H50N6O7S/c1-5-29-23-42(29,40(53)46-56(54,55)31-20-21-31)45-37(50)33-22-30(25-47(33)39(52)35(41(2,3)4)44-36(49)28-18-12-13-19-28)48-38(51)34(27-16-10-7-11-17-27)32(24-43-48)26-14-8-6-9-15-26/h5-11,14-17,24,28-31,33,35H,1,12-13,18-23,25H2,2-4H3,(H,44,49)(H,45,50)(H,46,53)/t29-,30-,33+,35-,42-/m1/s1. The molecule has 0 unspecified atom stereocenters. The van der Waals surface area contributed by atoms with Crippen molar-refractivity contribution in [1.29, 1.82) is 0 Å². The molecule has 3 N–H and O–H groups in total. The van der Waals surface area contributed by atoms with Gasteiger partial charge in [0.15, 0.2) is 0 Å². The van der Waals surface area contributed by atoms with E-state index in [1.807, 2.05) is 81.4 Å². The molecule has 0 spiro atoms. The number of rotatable bonds is 12. The summed E-state index contributed by atoms with van der Waals surface area (Å²) in [5, 5.41) is 9.80. The second-order valence-corrected chi connectivity index (χ2v) is 18.7. The Hall–Kier alpha value is -5.11. The van der Waals surface area contributed by atoms with E-state index in [9.17, 15) is 32.4 Å². The van der Waals surface area contributed by atoms with Crippen molar-refractivity contribution in [3.63, 3.8) is 0 Å². The highest BCUT2D eigenvalue weighted by atomic mass is 32.2. The summed E-state index contributed by atoms with van der Waals surface area (Å²) in [5.74, 6) is -3.01. The van der Waals surface area contributed by atoms with Gasteiger partial charge in [-0.25, -0.2) is 13.1 Å². The topological polar surface area (TPSA) is 177 Å². The number of nitrogens with one attached hydrogen (secondary N) is 3. The Morgan fingerprint density at radius 3 is 2.12 bits per heavy atom. The van der Waals surface area contributed by atoms with E-state index in [4.69, 9.17) is 0 Å². The molecule has 3 saturated carbocycles. The smallest absolute Gasteiger partial charge is 0.275 e. The van der Waals surface area contributed by atoms with Crippen molar-refractivity contribution in [3.8, 4) is 22.3 Å². The lowest BCUT2D eigenvalue weighted by atomic mass is 9.85. The normalized spacial score (nSPS) is 24.3. The van der Waals surface area contributed by atoms with Gasteiger partial charge in [-0.3, -0.25) is 28.7 Å². The Kier molecular flexibility index (Phi) is 10.5. The molecule has 0 radical (unpaired) electrons. The van der Waals surface area contributed by atoms with Crippen molar-refractivity contribution < 1.29 is 27.6 Å². The molecule has 3 aliphatic carbocycles. The van der Waals surface area contributed by atoms with Gasteiger partial charge in [0.25, 0.3) is 11.5 Å². The molecule has 4 fully saturated rings. The zero-order chi connectivity index (χ0) is 40.0. The fourth-order valence-electron chi connectivity index (χ4n) is 8.21. The summed E-state index contributed by atoms with van der Waals surface area (Å²) in [6.07, 6.45) is 7.44. The first kappa shape index (κ1) is 39.1. The van der Waals surface area contributed by atoms with Gasteiger partial charge in [0.05, 0.1) is 23.1 Å². The van der Waals surface area contributed by atoms with Crippen molar-refractivity contribution in [2.75, 3.05) is 6.54 Å². The van der Waals surface area contributed by atoms with Crippen LogP contribution in [0.5, 0.6) is 0 Å². The van der Waals surface area contributed by atoms with Gasteiger partial charge in [-0.15, -0.1) is 6.58 Å². The third-order valence-corrected chi connectivity index (χ3v) is 13.6. The van der Waals surface area contributed by atoms with Crippen LogP contribution >= 0.6 is 0 Å². The maximum Gasteiger partial charge on any atom is 0.275 e. The molecule has 3 aromatic rings. The predicted molar refractivity (Wildman–Crippen MR) is 211 cm³/mol.